The fraction of sp³-hybridized carbons (Fsp3) is 0.343. The summed E-state index contributed by atoms with van der Waals surface area (Å²) in [6.45, 7) is 42.9. The predicted molar refractivity (Wildman–Crippen MR) is 324 cm³/mol. The molecule has 75 heavy (non-hydrogen) atoms. The van der Waals surface area contributed by atoms with Crippen LogP contribution in [0.3, 0.4) is 0 Å². The van der Waals surface area contributed by atoms with Crippen LogP contribution in [0.25, 0.3) is 88.9 Å². The number of aromatic nitrogens is 4. The Morgan fingerprint density at radius 1 is 0.360 bits per heavy atom. The molecule has 0 unspecified atom stereocenters. The third-order valence-electron chi connectivity index (χ3n) is 16.7. The molecule has 7 aromatic carbocycles. The molecule has 0 saturated heterocycles. The molecule has 2 aliphatic heterocycles. The van der Waals surface area contributed by atoms with Crippen molar-refractivity contribution in [3.8, 4) is 45.3 Å². The van der Waals surface area contributed by atoms with Crippen molar-refractivity contribution in [1.82, 2.24) is 19.1 Å². The van der Waals surface area contributed by atoms with Crippen molar-refractivity contribution < 1.29 is 0 Å². The molecule has 5 heterocycles. The van der Waals surface area contributed by atoms with Crippen LogP contribution in [0.5, 0.6) is 0 Å². The normalized spacial score (nSPS) is 14.0. The summed E-state index contributed by atoms with van der Waals surface area (Å²) in [6, 6.07) is 48.8. The van der Waals surface area contributed by atoms with E-state index in [1.165, 1.54) is 105 Å². The Balaban J connectivity index is 1.35. The van der Waals surface area contributed by atoms with Gasteiger partial charge in [-0.2, -0.15) is 0 Å². The number of nitrogens with zero attached hydrogens (tertiary/aromatic N) is 4. The van der Waals surface area contributed by atoms with Gasteiger partial charge in [-0.25, -0.2) is 9.97 Å². The second-order valence-corrected chi connectivity index (χ2v) is 28.5. The maximum absolute atomic E-state index is 5.58. The molecule has 0 spiro atoms. The van der Waals surface area contributed by atoms with Crippen molar-refractivity contribution in [2.75, 3.05) is 0 Å². The van der Waals surface area contributed by atoms with Gasteiger partial charge in [-0.1, -0.05) is 210 Å². The molecule has 0 bridgehead atoms. The second kappa shape index (κ2) is 15.9. The molecule has 0 aliphatic carbocycles. The molecule has 3 aromatic heterocycles. The van der Waals surface area contributed by atoms with Gasteiger partial charge in [0.05, 0.1) is 22.4 Å². The second-order valence-electron chi connectivity index (χ2n) is 28.5. The van der Waals surface area contributed by atoms with Crippen molar-refractivity contribution in [1.29, 1.82) is 0 Å². The number of benzene rings is 7. The summed E-state index contributed by atoms with van der Waals surface area (Å²) in [7, 11) is 0. The quantitative estimate of drug-likeness (QED) is 0.165. The standard InChI is InChI=1S/C70H75BN4/c1-65(2,3)43-31-47-59-49(69(13,14)15)33-45(67(7,8)9)37-55(59)74-57-29-42(64-72-53(40-25-21-19-22-26-40)39-54(73-64)41-27-23-20-24-28-41)30-58-61(57)71(51(35-43)62(47)74)52-36-44(66(4,5)6)32-48-60-50(70(16,17)18)34-46(68(10,11)12)38-56(60)75(58)63(48)52/h19-39H,1-18H3. The van der Waals surface area contributed by atoms with E-state index >= 15 is 0 Å². The van der Waals surface area contributed by atoms with E-state index in [4.69, 9.17) is 9.97 Å². The Bertz CT molecular complexity index is 3770. The lowest BCUT2D eigenvalue weighted by Crippen LogP contribution is -2.59. The summed E-state index contributed by atoms with van der Waals surface area (Å²) in [5, 5.41) is 5.38. The van der Waals surface area contributed by atoms with E-state index in [1.54, 1.807) is 0 Å². The van der Waals surface area contributed by atoms with E-state index < -0.39 is 0 Å². The summed E-state index contributed by atoms with van der Waals surface area (Å²) >= 11 is 0. The summed E-state index contributed by atoms with van der Waals surface area (Å²) in [5.41, 5.74) is 24.2. The van der Waals surface area contributed by atoms with Gasteiger partial charge >= 0.3 is 0 Å². The molecule has 4 nitrogen and oxygen atoms in total. The molecule has 378 valence electrons. The highest BCUT2D eigenvalue weighted by Gasteiger charge is 2.44. The van der Waals surface area contributed by atoms with E-state index in [1.807, 2.05) is 0 Å². The van der Waals surface area contributed by atoms with Crippen molar-refractivity contribution >= 4 is 66.7 Å². The fourth-order valence-electron chi connectivity index (χ4n) is 12.4. The van der Waals surface area contributed by atoms with Crippen LogP contribution in [-0.2, 0) is 32.5 Å². The zero-order valence-corrected chi connectivity index (χ0v) is 48.0. The Morgan fingerprint density at radius 3 is 1.07 bits per heavy atom. The van der Waals surface area contributed by atoms with Crippen molar-refractivity contribution in [2.24, 2.45) is 0 Å². The van der Waals surface area contributed by atoms with Crippen LogP contribution in [0.1, 0.15) is 158 Å². The highest BCUT2D eigenvalue weighted by molar-refractivity contribution is 7.00. The number of fused-ring (bicyclic) bond motifs is 10. The average molecular weight is 983 g/mol. The molecule has 12 rings (SSSR count). The van der Waals surface area contributed by atoms with Gasteiger partial charge in [-0.15, -0.1) is 0 Å². The monoisotopic (exact) mass is 983 g/mol. The van der Waals surface area contributed by atoms with E-state index in [2.05, 4.69) is 261 Å². The van der Waals surface area contributed by atoms with Crippen LogP contribution >= 0.6 is 0 Å². The Hall–Kier alpha value is -6.72. The zero-order chi connectivity index (χ0) is 53.4. The topological polar surface area (TPSA) is 35.6 Å². The van der Waals surface area contributed by atoms with E-state index in [9.17, 15) is 0 Å². The Labute approximate surface area is 446 Å². The van der Waals surface area contributed by atoms with Gasteiger partial charge in [-0.05, 0) is 125 Å². The van der Waals surface area contributed by atoms with Gasteiger partial charge in [-0.3, -0.25) is 0 Å². The molecule has 2 aliphatic rings. The molecule has 10 aromatic rings. The lowest BCUT2D eigenvalue weighted by atomic mass is 9.34. The molecule has 0 fully saturated rings. The highest BCUT2D eigenvalue weighted by atomic mass is 15.0. The minimum absolute atomic E-state index is 0.0518. The smallest absolute Gasteiger partial charge is 0.252 e. The Morgan fingerprint density at radius 2 is 0.720 bits per heavy atom. The van der Waals surface area contributed by atoms with Crippen molar-refractivity contribution in [3.63, 3.8) is 0 Å². The maximum Gasteiger partial charge on any atom is 0.252 e. The summed E-state index contributed by atoms with van der Waals surface area (Å²) in [6.07, 6.45) is 0. The lowest BCUT2D eigenvalue weighted by molar-refractivity contribution is 0.572. The molecular weight excluding hydrogens is 908 g/mol. The summed E-state index contributed by atoms with van der Waals surface area (Å²) in [4.78, 5) is 11.2. The minimum Gasteiger partial charge on any atom is -0.310 e. The van der Waals surface area contributed by atoms with Gasteiger partial charge < -0.3 is 9.13 Å². The average Bonchev–Trinajstić information content (AvgIpc) is 3.85. The van der Waals surface area contributed by atoms with Crippen molar-refractivity contribution in [2.45, 2.75) is 157 Å². The lowest BCUT2D eigenvalue weighted by Gasteiger charge is -2.36. The SMILES string of the molecule is CC(C)(C)c1cc2c3c(c1)c1c(C(C)(C)C)cc(C(C)(C)C)cc1n3-c1cc(-c3nc(-c4ccccc4)cc(-c4ccccc4)n3)cc3c1B2c1cc(C(C)(C)C)cc2c4c(C(C)(C)C)cc(C(C)(C)C)cc4n-3c12. The van der Waals surface area contributed by atoms with Crippen LogP contribution in [0.2, 0.25) is 0 Å². The van der Waals surface area contributed by atoms with Gasteiger partial charge in [0.15, 0.2) is 5.82 Å². The van der Waals surface area contributed by atoms with Crippen LogP contribution in [0, 0.1) is 0 Å². The first-order valence-electron chi connectivity index (χ1n) is 27.5. The largest absolute Gasteiger partial charge is 0.310 e. The molecule has 0 saturated carbocycles. The van der Waals surface area contributed by atoms with Gasteiger partial charge in [0.25, 0.3) is 6.71 Å². The van der Waals surface area contributed by atoms with E-state index in [-0.39, 0.29) is 39.2 Å². The van der Waals surface area contributed by atoms with E-state index in [0.717, 1.165) is 28.1 Å². The van der Waals surface area contributed by atoms with Crippen LogP contribution in [-0.4, -0.2) is 25.8 Å². The van der Waals surface area contributed by atoms with E-state index in [0.29, 0.717) is 5.82 Å². The highest BCUT2D eigenvalue weighted by Crippen LogP contribution is 2.48. The minimum atomic E-state index is -0.132. The number of hydrogen-bond donors (Lipinski definition) is 0. The number of rotatable bonds is 3. The third-order valence-corrected chi connectivity index (χ3v) is 16.7. The molecule has 5 heteroatoms. The Kier molecular flexibility index (Phi) is 10.4. The van der Waals surface area contributed by atoms with Crippen LogP contribution < -0.4 is 16.4 Å². The molecule has 0 atom stereocenters. The zero-order valence-electron chi connectivity index (χ0n) is 48.0. The predicted octanol–water partition coefficient (Wildman–Crippen LogP) is 16.6. The summed E-state index contributed by atoms with van der Waals surface area (Å²) < 4.78 is 5.38. The maximum atomic E-state index is 5.58. The van der Waals surface area contributed by atoms with Gasteiger partial charge in [0.2, 0.25) is 0 Å². The summed E-state index contributed by atoms with van der Waals surface area (Å²) in [5.74, 6) is 0.713. The molecule has 0 N–H and O–H groups in total. The van der Waals surface area contributed by atoms with Gasteiger partial charge in [0, 0.05) is 60.6 Å². The van der Waals surface area contributed by atoms with Crippen LogP contribution in [0.4, 0.5) is 0 Å². The molecular formula is C70H75BN4. The van der Waals surface area contributed by atoms with Crippen molar-refractivity contribution in [3.05, 3.63) is 161 Å². The van der Waals surface area contributed by atoms with Crippen LogP contribution in [0.15, 0.2) is 127 Å². The van der Waals surface area contributed by atoms with Gasteiger partial charge in [0.1, 0.15) is 0 Å². The third kappa shape index (κ3) is 7.68. The first-order valence-corrected chi connectivity index (χ1v) is 27.5. The number of hydrogen-bond acceptors (Lipinski definition) is 2. The molecule has 0 radical (unpaired) electrons. The first kappa shape index (κ1) is 49.2. The molecule has 0 amide bonds. The fourth-order valence-corrected chi connectivity index (χ4v) is 12.4. The first-order chi connectivity index (χ1) is 35.0.